The molecular formula is C13H17N2O4+. The molecule has 0 saturated carbocycles. The third-order valence-corrected chi connectivity index (χ3v) is 3.40. The summed E-state index contributed by atoms with van der Waals surface area (Å²) in [6.45, 7) is 0.619. The van der Waals surface area contributed by atoms with E-state index in [1.54, 1.807) is 0 Å². The van der Waals surface area contributed by atoms with E-state index in [-0.39, 0.29) is 6.54 Å². The largest absolute Gasteiger partial charge is 0.533 e. The number of quaternary nitrogens is 1. The van der Waals surface area contributed by atoms with Gasteiger partial charge in [0.25, 0.3) is 0 Å². The average molecular weight is 265 g/mol. The van der Waals surface area contributed by atoms with E-state index in [0.29, 0.717) is 19.4 Å². The second kappa shape index (κ2) is 5.38. The minimum Gasteiger partial charge on any atom is -0.480 e. The van der Waals surface area contributed by atoms with Crippen molar-refractivity contribution in [3.63, 3.8) is 0 Å². The fourth-order valence-electron chi connectivity index (χ4n) is 2.41. The summed E-state index contributed by atoms with van der Waals surface area (Å²) in [5.41, 5.74) is 3.62. The number of amides is 1. The lowest BCUT2D eigenvalue weighted by Crippen LogP contribution is -2.68. The molecule has 2 rings (SSSR count). The Bertz CT molecular complexity index is 477. The van der Waals surface area contributed by atoms with Crippen LogP contribution in [0.3, 0.4) is 0 Å². The first-order valence-electron chi connectivity index (χ1n) is 6.18. The first kappa shape index (κ1) is 13.5. The fraction of sp³-hybridized carbons (Fsp3) is 0.385. The second-order valence-corrected chi connectivity index (χ2v) is 4.78. The fourth-order valence-corrected chi connectivity index (χ4v) is 2.41. The standard InChI is InChI=1S/C13H16N2O4/c16-12(17)11-7-4-8-15(14-11,13(18)19)9-10-5-2-1-3-6-10/h1-3,5-6,11,14H,4,7-9H2,(H-,16,17,18,19)/p+1/t11-,15?/m0/s1. The molecule has 1 unspecified atom stereocenters. The van der Waals surface area contributed by atoms with Crippen molar-refractivity contribution >= 4 is 12.1 Å². The zero-order valence-corrected chi connectivity index (χ0v) is 10.5. The van der Waals surface area contributed by atoms with Gasteiger partial charge < -0.3 is 10.2 Å². The van der Waals surface area contributed by atoms with Crippen molar-refractivity contribution in [1.82, 2.24) is 5.43 Å². The molecule has 1 aliphatic rings. The third-order valence-electron chi connectivity index (χ3n) is 3.40. The minimum absolute atomic E-state index is 0.236. The van der Waals surface area contributed by atoms with E-state index >= 15 is 0 Å². The highest BCUT2D eigenvalue weighted by atomic mass is 16.4. The lowest BCUT2D eigenvalue weighted by Gasteiger charge is -2.38. The maximum atomic E-state index is 11.6. The minimum atomic E-state index is -1.05. The maximum absolute atomic E-state index is 11.6. The Hall–Kier alpha value is -1.92. The topological polar surface area (TPSA) is 86.6 Å². The summed E-state index contributed by atoms with van der Waals surface area (Å²) in [4.78, 5) is 22.6. The van der Waals surface area contributed by atoms with E-state index < -0.39 is 22.7 Å². The van der Waals surface area contributed by atoms with Gasteiger partial charge in [-0.2, -0.15) is 4.79 Å². The van der Waals surface area contributed by atoms with Crippen LogP contribution >= 0.6 is 0 Å². The molecule has 0 aliphatic carbocycles. The number of aliphatic carboxylic acids is 1. The number of nitrogens with zero attached hydrogens (tertiary/aromatic N) is 1. The molecule has 1 aromatic rings. The van der Waals surface area contributed by atoms with Gasteiger partial charge in [0.15, 0.2) is 6.04 Å². The van der Waals surface area contributed by atoms with Gasteiger partial charge in [0.2, 0.25) is 0 Å². The molecule has 1 aliphatic heterocycles. The van der Waals surface area contributed by atoms with Crippen molar-refractivity contribution in [3.8, 4) is 0 Å². The molecule has 2 atom stereocenters. The number of nitrogens with one attached hydrogen (secondary N) is 1. The van der Waals surface area contributed by atoms with Crippen molar-refractivity contribution in [2.75, 3.05) is 6.54 Å². The molecule has 0 aromatic heterocycles. The van der Waals surface area contributed by atoms with Gasteiger partial charge in [-0.05, 0) is 6.42 Å². The van der Waals surface area contributed by atoms with Crippen molar-refractivity contribution < 1.29 is 24.4 Å². The van der Waals surface area contributed by atoms with Gasteiger partial charge in [0.1, 0.15) is 13.1 Å². The molecule has 1 heterocycles. The molecule has 3 N–H and O–H groups in total. The Morgan fingerprint density at radius 1 is 1.26 bits per heavy atom. The van der Waals surface area contributed by atoms with Crippen LogP contribution < -0.4 is 5.43 Å². The van der Waals surface area contributed by atoms with Gasteiger partial charge in [0.05, 0.1) is 0 Å². The summed E-state index contributed by atoms with van der Waals surface area (Å²) in [6, 6.07) is 8.41. The highest BCUT2D eigenvalue weighted by Gasteiger charge is 2.44. The van der Waals surface area contributed by atoms with E-state index in [9.17, 15) is 14.7 Å². The zero-order valence-electron chi connectivity index (χ0n) is 10.5. The first-order chi connectivity index (χ1) is 9.03. The van der Waals surface area contributed by atoms with Gasteiger partial charge in [-0.1, -0.05) is 30.3 Å². The van der Waals surface area contributed by atoms with E-state index in [1.807, 2.05) is 30.3 Å². The van der Waals surface area contributed by atoms with Crippen LogP contribution in [0.25, 0.3) is 0 Å². The molecule has 0 spiro atoms. The smallest absolute Gasteiger partial charge is 0.480 e. The first-order valence-corrected chi connectivity index (χ1v) is 6.18. The summed E-state index contributed by atoms with van der Waals surface area (Å²) in [5, 5.41) is 18.5. The predicted octanol–water partition coefficient (Wildman–Crippen LogP) is 1.43. The molecular weight excluding hydrogens is 248 g/mol. The van der Waals surface area contributed by atoms with Crippen LogP contribution in [0.5, 0.6) is 0 Å². The highest BCUT2D eigenvalue weighted by molar-refractivity contribution is 5.73. The Morgan fingerprint density at radius 3 is 2.53 bits per heavy atom. The number of rotatable bonds is 3. The monoisotopic (exact) mass is 265 g/mol. The lowest BCUT2D eigenvalue weighted by atomic mass is 10.1. The number of carbonyl (C=O) groups is 2. The molecule has 0 bridgehead atoms. The number of hydrogen-bond donors (Lipinski definition) is 3. The summed E-state index contributed by atoms with van der Waals surface area (Å²) in [5.74, 6) is -1.00. The number of carboxylic acid groups (broad SMARTS) is 2. The Kier molecular flexibility index (Phi) is 3.82. The van der Waals surface area contributed by atoms with E-state index in [2.05, 4.69) is 5.43 Å². The molecule has 1 fully saturated rings. The normalized spacial score (nSPS) is 26.8. The average Bonchev–Trinajstić information content (AvgIpc) is 2.40. The number of carboxylic acids is 1. The summed E-state index contributed by atoms with van der Waals surface area (Å²) >= 11 is 0. The molecule has 6 nitrogen and oxygen atoms in total. The van der Waals surface area contributed by atoms with Gasteiger partial charge in [-0.25, -0.2) is 0 Å². The van der Waals surface area contributed by atoms with Gasteiger partial charge in [-0.15, -0.1) is 10.0 Å². The SMILES string of the molecule is O=C(O)[C@@H]1CCC[N+](Cc2ccccc2)(C(=O)O)N1. The maximum Gasteiger partial charge on any atom is 0.533 e. The predicted molar refractivity (Wildman–Crippen MR) is 67.1 cm³/mol. The van der Waals surface area contributed by atoms with Crippen LogP contribution in [-0.2, 0) is 11.3 Å². The number of benzene rings is 1. The summed E-state index contributed by atoms with van der Waals surface area (Å²) in [7, 11) is 0. The van der Waals surface area contributed by atoms with Crippen molar-refractivity contribution in [2.45, 2.75) is 25.4 Å². The highest BCUT2D eigenvalue weighted by Crippen LogP contribution is 2.20. The van der Waals surface area contributed by atoms with Crippen LogP contribution in [-0.4, -0.2) is 39.5 Å². The zero-order chi connectivity index (χ0) is 13.9. The van der Waals surface area contributed by atoms with E-state index in [1.165, 1.54) is 0 Å². The molecule has 19 heavy (non-hydrogen) atoms. The summed E-state index contributed by atoms with van der Waals surface area (Å²) in [6.07, 6.45) is -0.0182. The quantitative estimate of drug-likeness (QED) is 0.720. The molecule has 1 amide bonds. The summed E-state index contributed by atoms with van der Waals surface area (Å²) < 4.78 is -0.430. The van der Waals surface area contributed by atoms with Crippen LogP contribution in [0.4, 0.5) is 4.79 Å². The van der Waals surface area contributed by atoms with Crippen molar-refractivity contribution in [2.24, 2.45) is 0 Å². The van der Waals surface area contributed by atoms with Crippen LogP contribution in [0, 0.1) is 0 Å². The third kappa shape index (κ3) is 2.91. The van der Waals surface area contributed by atoms with Gasteiger partial charge in [-0.3, -0.25) is 4.79 Å². The molecule has 1 aromatic carbocycles. The molecule has 6 heteroatoms. The number of hydrogen-bond acceptors (Lipinski definition) is 3. The second-order valence-electron chi connectivity index (χ2n) is 4.78. The Balaban J connectivity index is 2.23. The van der Waals surface area contributed by atoms with Crippen molar-refractivity contribution in [3.05, 3.63) is 35.9 Å². The Labute approximate surface area is 110 Å². The van der Waals surface area contributed by atoms with Crippen LogP contribution in [0.1, 0.15) is 18.4 Å². The van der Waals surface area contributed by atoms with E-state index in [4.69, 9.17) is 5.11 Å². The van der Waals surface area contributed by atoms with E-state index in [0.717, 1.165) is 5.56 Å². The van der Waals surface area contributed by atoms with Gasteiger partial charge >= 0.3 is 12.1 Å². The molecule has 1 saturated heterocycles. The van der Waals surface area contributed by atoms with Crippen LogP contribution in [0.2, 0.25) is 0 Å². The molecule has 102 valence electrons. The molecule has 0 radical (unpaired) electrons. The van der Waals surface area contributed by atoms with Gasteiger partial charge in [0, 0.05) is 12.0 Å². The Morgan fingerprint density at radius 2 is 1.95 bits per heavy atom. The lowest BCUT2D eigenvalue weighted by molar-refractivity contribution is -0.921. The van der Waals surface area contributed by atoms with Crippen LogP contribution in [0.15, 0.2) is 30.3 Å². The van der Waals surface area contributed by atoms with Crippen molar-refractivity contribution in [1.29, 1.82) is 0 Å².